The van der Waals surface area contributed by atoms with Crippen molar-refractivity contribution >= 4 is 12.0 Å². The van der Waals surface area contributed by atoms with Gasteiger partial charge in [0.1, 0.15) is 0 Å². The van der Waals surface area contributed by atoms with Crippen LogP contribution in [0, 0.1) is 0 Å². The quantitative estimate of drug-likeness (QED) is 0.512. The van der Waals surface area contributed by atoms with E-state index in [1.165, 1.54) is 0 Å². The lowest BCUT2D eigenvalue weighted by molar-refractivity contribution is -0.125. The van der Waals surface area contributed by atoms with Gasteiger partial charge in [0.2, 0.25) is 5.91 Å². The Kier molecular flexibility index (Phi) is 7.95. The third-order valence-electron chi connectivity index (χ3n) is 3.14. The third kappa shape index (κ3) is 6.19. The molecule has 0 aliphatic heterocycles. The summed E-state index contributed by atoms with van der Waals surface area (Å²) in [6.45, 7) is 14.0. The first-order chi connectivity index (χ1) is 11.0. The Balaban J connectivity index is 2.88. The van der Waals surface area contributed by atoms with E-state index < -0.39 is 0 Å². The Bertz CT molecular complexity index is 564. The van der Waals surface area contributed by atoms with Crippen molar-refractivity contribution in [3.8, 4) is 11.5 Å². The van der Waals surface area contributed by atoms with Gasteiger partial charge in [0.15, 0.2) is 11.5 Å². The molecule has 0 aliphatic carbocycles. The molecule has 1 rings (SSSR count). The van der Waals surface area contributed by atoms with Crippen LogP contribution >= 0.6 is 0 Å². The van der Waals surface area contributed by atoms with E-state index in [0.29, 0.717) is 32.1 Å². The van der Waals surface area contributed by atoms with Crippen molar-refractivity contribution in [2.45, 2.75) is 27.7 Å². The molecular weight excluding hydrogens is 290 g/mol. The Morgan fingerprint density at radius 1 is 1.17 bits per heavy atom. The summed E-state index contributed by atoms with van der Waals surface area (Å²) in [5.74, 6) is 1.39. The fourth-order valence-corrected chi connectivity index (χ4v) is 2.12. The fourth-order valence-electron chi connectivity index (χ4n) is 2.12. The number of likely N-dealkylation sites (N-methyl/N-ethyl adjacent to an activating group) is 1. The topological polar surface area (TPSA) is 38.8 Å². The van der Waals surface area contributed by atoms with E-state index in [1.54, 1.807) is 17.1 Å². The molecule has 1 amide bonds. The highest BCUT2D eigenvalue weighted by atomic mass is 16.5. The zero-order valence-corrected chi connectivity index (χ0v) is 14.6. The number of ether oxygens (including phenoxy) is 2. The minimum absolute atomic E-state index is 0.0256. The summed E-state index contributed by atoms with van der Waals surface area (Å²) in [5.41, 5.74) is 1.87. The summed E-state index contributed by atoms with van der Waals surface area (Å²) in [7, 11) is 0. The molecule has 1 aromatic rings. The molecule has 0 N–H and O–H groups in total. The van der Waals surface area contributed by atoms with E-state index in [1.807, 2.05) is 45.9 Å². The van der Waals surface area contributed by atoms with Crippen molar-refractivity contribution in [2.75, 3.05) is 26.3 Å². The van der Waals surface area contributed by atoms with Gasteiger partial charge in [-0.1, -0.05) is 18.2 Å². The molecule has 0 saturated heterocycles. The summed E-state index contributed by atoms with van der Waals surface area (Å²) in [6, 6.07) is 5.66. The lowest BCUT2D eigenvalue weighted by atomic mass is 10.2. The third-order valence-corrected chi connectivity index (χ3v) is 3.14. The molecule has 4 heteroatoms. The summed E-state index contributed by atoms with van der Waals surface area (Å²) in [6.07, 6.45) is 3.37. The largest absolute Gasteiger partial charge is 0.490 e. The van der Waals surface area contributed by atoms with Gasteiger partial charge in [0.25, 0.3) is 0 Å². The van der Waals surface area contributed by atoms with Crippen LogP contribution in [-0.4, -0.2) is 37.1 Å². The highest BCUT2D eigenvalue weighted by Crippen LogP contribution is 2.29. The van der Waals surface area contributed by atoms with Gasteiger partial charge in [-0.15, -0.1) is 0 Å². The van der Waals surface area contributed by atoms with Crippen LogP contribution in [0.25, 0.3) is 6.08 Å². The fraction of sp³-hybridized carbons (Fsp3) is 0.421. The van der Waals surface area contributed by atoms with Crippen molar-refractivity contribution in [2.24, 2.45) is 0 Å². The van der Waals surface area contributed by atoms with Gasteiger partial charge in [-0.3, -0.25) is 4.79 Å². The van der Waals surface area contributed by atoms with Crippen molar-refractivity contribution in [1.82, 2.24) is 4.90 Å². The van der Waals surface area contributed by atoms with E-state index in [2.05, 4.69) is 6.58 Å². The minimum atomic E-state index is -0.0256. The Labute approximate surface area is 139 Å². The number of benzene rings is 1. The van der Waals surface area contributed by atoms with Crippen LogP contribution in [0.2, 0.25) is 0 Å². The van der Waals surface area contributed by atoms with Crippen molar-refractivity contribution in [1.29, 1.82) is 0 Å². The number of rotatable bonds is 9. The Morgan fingerprint density at radius 3 is 2.39 bits per heavy atom. The van der Waals surface area contributed by atoms with E-state index in [4.69, 9.17) is 9.47 Å². The number of hydrogen-bond acceptors (Lipinski definition) is 3. The van der Waals surface area contributed by atoms with E-state index >= 15 is 0 Å². The van der Waals surface area contributed by atoms with Gasteiger partial charge < -0.3 is 14.4 Å². The van der Waals surface area contributed by atoms with Gasteiger partial charge in [-0.25, -0.2) is 0 Å². The van der Waals surface area contributed by atoms with Gasteiger partial charge in [-0.2, -0.15) is 0 Å². The summed E-state index contributed by atoms with van der Waals surface area (Å²) in [5, 5.41) is 0. The minimum Gasteiger partial charge on any atom is -0.490 e. The van der Waals surface area contributed by atoms with Crippen LogP contribution < -0.4 is 9.47 Å². The maximum Gasteiger partial charge on any atom is 0.246 e. The second-order valence-corrected chi connectivity index (χ2v) is 5.22. The molecule has 0 radical (unpaired) electrons. The highest BCUT2D eigenvalue weighted by molar-refractivity contribution is 5.92. The average molecular weight is 317 g/mol. The van der Waals surface area contributed by atoms with Crippen LogP contribution in [0.1, 0.15) is 33.3 Å². The van der Waals surface area contributed by atoms with Gasteiger partial charge >= 0.3 is 0 Å². The molecule has 0 heterocycles. The molecule has 0 saturated carbocycles. The number of carbonyl (C=O) groups is 1. The molecule has 1 aromatic carbocycles. The molecule has 23 heavy (non-hydrogen) atoms. The molecule has 0 aromatic heterocycles. The van der Waals surface area contributed by atoms with E-state index in [-0.39, 0.29) is 5.91 Å². The molecular formula is C19H27NO3. The zero-order chi connectivity index (χ0) is 17.2. The molecule has 0 aliphatic rings. The first-order valence-electron chi connectivity index (χ1n) is 8.02. The second kappa shape index (κ2) is 9.72. The second-order valence-electron chi connectivity index (χ2n) is 5.22. The van der Waals surface area contributed by atoms with E-state index in [0.717, 1.165) is 16.9 Å². The van der Waals surface area contributed by atoms with Crippen LogP contribution in [0.4, 0.5) is 0 Å². The van der Waals surface area contributed by atoms with Gasteiger partial charge in [0, 0.05) is 19.2 Å². The monoisotopic (exact) mass is 317 g/mol. The summed E-state index contributed by atoms with van der Waals surface area (Å²) >= 11 is 0. The molecule has 0 fully saturated rings. The van der Waals surface area contributed by atoms with Crippen molar-refractivity contribution in [3.05, 3.63) is 42.0 Å². The number of nitrogens with zero attached hydrogens (tertiary/aromatic N) is 1. The van der Waals surface area contributed by atoms with Gasteiger partial charge in [-0.05, 0) is 51.5 Å². The maximum absolute atomic E-state index is 12.2. The summed E-state index contributed by atoms with van der Waals surface area (Å²) in [4.78, 5) is 14.0. The van der Waals surface area contributed by atoms with Crippen molar-refractivity contribution < 1.29 is 14.3 Å². The molecule has 0 spiro atoms. The predicted molar refractivity (Wildman–Crippen MR) is 94.9 cm³/mol. The van der Waals surface area contributed by atoms with Crippen LogP contribution in [0.5, 0.6) is 11.5 Å². The Hall–Kier alpha value is -2.23. The first kappa shape index (κ1) is 18.8. The predicted octanol–water partition coefficient (Wildman–Crippen LogP) is 3.92. The molecule has 0 unspecified atom stereocenters. The molecule has 4 nitrogen and oxygen atoms in total. The smallest absolute Gasteiger partial charge is 0.246 e. The Morgan fingerprint density at radius 2 is 1.83 bits per heavy atom. The normalized spacial score (nSPS) is 10.6. The number of carbonyl (C=O) groups excluding carboxylic acids is 1. The lowest BCUT2D eigenvalue weighted by Gasteiger charge is -2.19. The van der Waals surface area contributed by atoms with Gasteiger partial charge in [0.05, 0.1) is 13.2 Å². The molecule has 0 bridgehead atoms. The zero-order valence-electron chi connectivity index (χ0n) is 14.6. The number of hydrogen-bond donors (Lipinski definition) is 0. The SMILES string of the molecule is C=C(C)CN(CC)C(=O)/C=C/c1ccc(OCC)c(OCC)c1. The van der Waals surface area contributed by atoms with Crippen LogP contribution in [0.15, 0.2) is 36.4 Å². The lowest BCUT2D eigenvalue weighted by Crippen LogP contribution is -2.30. The first-order valence-corrected chi connectivity index (χ1v) is 8.02. The van der Waals surface area contributed by atoms with Crippen LogP contribution in [0.3, 0.4) is 0 Å². The van der Waals surface area contributed by atoms with Crippen molar-refractivity contribution in [3.63, 3.8) is 0 Å². The standard InChI is InChI=1S/C19H27NO3/c1-6-20(14-15(4)5)19(21)12-10-16-9-11-17(22-7-2)18(13-16)23-8-3/h9-13H,4,6-8,14H2,1-3,5H3/b12-10+. The summed E-state index contributed by atoms with van der Waals surface area (Å²) < 4.78 is 11.1. The highest BCUT2D eigenvalue weighted by Gasteiger charge is 2.09. The van der Waals surface area contributed by atoms with Crippen LogP contribution in [-0.2, 0) is 4.79 Å². The average Bonchev–Trinajstić information content (AvgIpc) is 2.52. The van der Waals surface area contributed by atoms with E-state index in [9.17, 15) is 4.79 Å². The molecule has 0 atom stereocenters. The number of amides is 1. The maximum atomic E-state index is 12.2. The molecule has 126 valence electrons.